The maximum Gasteiger partial charge on any atom is 0.237 e. The van der Waals surface area contributed by atoms with Crippen molar-refractivity contribution in [3.8, 4) is 5.75 Å². The van der Waals surface area contributed by atoms with E-state index in [-0.39, 0.29) is 17.4 Å². The predicted octanol–water partition coefficient (Wildman–Crippen LogP) is 1.91. The van der Waals surface area contributed by atoms with Gasteiger partial charge in [-0.3, -0.25) is 10.1 Å². The molecule has 1 aromatic carbocycles. The average molecular weight is 261 g/mol. The Morgan fingerprint density at radius 1 is 1.28 bits per heavy atom. The molecule has 0 atom stereocenters. The summed E-state index contributed by atoms with van der Waals surface area (Å²) in [4.78, 5) is 20.2. The summed E-state index contributed by atoms with van der Waals surface area (Å²) in [5.41, 5.74) is 0. The number of carbonyl (C=O) groups is 1. The molecule has 2 rings (SSSR count). The lowest BCUT2D eigenvalue weighted by Gasteiger charge is -2.03. The third-order valence-electron chi connectivity index (χ3n) is 2.00. The van der Waals surface area contributed by atoms with Crippen molar-refractivity contribution in [2.24, 2.45) is 0 Å². The van der Waals surface area contributed by atoms with Gasteiger partial charge < -0.3 is 5.11 Å². The zero-order chi connectivity index (χ0) is 12.8. The molecule has 0 fully saturated rings. The van der Waals surface area contributed by atoms with Crippen LogP contribution in [0.5, 0.6) is 5.75 Å². The van der Waals surface area contributed by atoms with Gasteiger partial charge in [-0.2, -0.15) is 0 Å². The minimum atomic E-state index is -0.186. The van der Waals surface area contributed by atoms with Crippen molar-refractivity contribution in [3.05, 3.63) is 42.7 Å². The van der Waals surface area contributed by atoms with E-state index in [0.717, 1.165) is 4.90 Å². The Balaban J connectivity index is 1.85. The molecule has 92 valence electrons. The number of aromatic hydroxyl groups is 1. The normalized spacial score (nSPS) is 10.0. The largest absolute Gasteiger partial charge is 0.508 e. The summed E-state index contributed by atoms with van der Waals surface area (Å²) in [6.45, 7) is 0. The molecule has 0 radical (unpaired) electrons. The number of amides is 1. The average Bonchev–Trinajstić information content (AvgIpc) is 2.38. The number of benzene rings is 1. The Kier molecular flexibility index (Phi) is 4.14. The van der Waals surface area contributed by atoms with Crippen LogP contribution in [0.2, 0.25) is 0 Å². The second-order valence-corrected chi connectivity index (χ2v) is 4.46. The number of carbonyl (C=O) groups excluding carboxylic acids is 1. The van der Waals surface area contributed by atoms with Gasteiger partial charge >= 0.3 is 0 Å². The third kappa shape index (κ3) is 3.74. The number of rotatable bonds is 4. The maximum atomic E-state index is 11.6. The molecule has 0 bridgehead atoms. The van der Waals surface area contributed by atoms with Gasteiger partial charge in [0, 0.05) is 17.3 Å². The Morgan fingerprint density at radius 2 is 2.06 bits per heavy atom. The van der Waals surface area contributed by atoms with E-state index in [1.165, 1.54) is 11.8 Å². The molecule has 2 aromatic rings. The molecule has 2 N–H and O–H groups in total. The van der Waals surface area contributed by atoms with Crippen molar-refractivity contribution < 1.29 is 9.90 Å². The molecule has 0 saturated carbocycles. The molecule has 0 spiro atoms. The van der Waals surface area contributed by atoms with E-state index in [0.29, 0.717) is 5.95 Å². The first-order chi connectivity index (χ1) is 8.74. The number of nitrogens with zero attached hydrogens (tertiary/aromatic N) is 2. The zero-order valence-electron chi connectivity index (χ0n) is 9.41. The molecule has 0 unspecified atom stereocenters. The summed E-state index contributed by atoms with van der Waals surface area (Å²) in [7, 11) is 0. The van der Waals surface area contributed by atoms with Gasteiger partial charge in [0.25, 0.3) is 0 Å². The van der Waals surface area contributed by atoms with E-state index in [2.05, 4.69) is 15.3 Å². The summed E-state index contributed by atoms with van der Waals surface area (Å²) >= 11 is 1.33. The van der Waals surface area contributed by atoms with Gasteiger partial charge in [0.05, 0.1) is 5.75 Å². The fraction of sp³-hybridized carbons (Fsp3) is 0.0833. The Hall–Kier alpha value is -2.08. The molecule has 1 amide bonds. The minimum absolute atomic E-state index is 0.186. The van der Waals surface area contributed by atoms with Crippen LogP contribution in [-0.2, 0) is 4.79 Å². The monoisotopic (exact) mass is 261 g/mol. The van der Waals surface area contributed by atoms with Gasteiger partial charge in [0.2, 0.25) is 11.9 Å². The highest BCUT2D eigenvalue weighted by atomic mass is 32.2. The van der Waals surface area contributed by atoms with Gasteiger partial charge in [0.1, 0.15) is 5.75 Å². The van der Waals surface area contributed by atoms with E-state index >= 15 is 0 Å². The van der Waals surface area contributed by atoms with Gasteiger partial charge in [-0.05, 0) is 24.3 Å². The van der Waals surface area contributed by atoms with Crippen molar-refractivity contribution in [2.75, 3.05) is 11.1 Å². The number of hydrogen-bond donors (Lipinski definition) is 2. The van der Waals surface area contributed by atoms with Gasteiger partial charge in [-0.1, -0.05) is 6.07 Å². The number of hydrogen-bond acceptors (Lipinski definition) is 5. The molecule has 5 nitrogen and oxygen atoms in total. The number of nitrogens with one attached hydrogen (secondary N) is 1. The summed E-state index contributed by atoms with van der Waals surface area (Å²) in [6.07, 6.45) is 3.12. The first-order valence-corrected chi connectivity index (χ1v) is 6.21. The second-order valence-electron chi connectivity index (χ2n) is 3.41. The zero-order valence-corrected chi connectivity index (χ0v) is 10.2. The van der Waals surface area contributed by atoms with Crippen LogP contribution in [-0.4, -0.2) is 26.7 Å². The highest BCUT2D eigenvalue weighted by Crippen LogP contribution is 2.21. The van der Waals surface area contributed by atoms with Crippen molar-refractivity contribution in [1.29, 1.82) is 0 Å². The molecular formula is C12H11N3O2S. The van der Waals surface area contributed by atoms with Crippen LogP contribution in [0.4, 0.5) is 5.95 Å². The van der Waals surface area contributed by atoms with Crippen LogP contribution in [0.3, 0.4) is 0 Å². The third-order valence-corrected chi connectivity index (χ3v) is 3.00. The summed E-state index contributed by atoms with van der Waals surface area (Å²) < 4.78 is 0. The highest BCUT2D eigenvalue weighted by Gasteiger charge is 2.05. The summed E-state index contributed by atoms with van der Waals surface area (Å²) in [5, 5.41) is 11.9. The molecule has 0 aliphatic heterocycles. The molecule has 0 aliphatic rings. The first-order valence-electron chi connectivity index (χ1n) is 5.23. The molecule has 18 heavy (non-hydrogen) atoms. The minimum Gasteiger partial charge on any atom is -0.508 e. The number of thioether (sulfide) groups is 1. The number of phenolic OH excluding ortho intramolecular Hbond substituents is 1. The smallest absolute Gasteiger partial charge is 0.237 e. The SMILES string of the molecule is O=C(CSc1cccc(O)c1)Nc1ncccn1. The Bertz CT molecular complexity index is 534. The van der Waals surface area contributed by atoms with Crippen LogP contribution in [0.1, 0.15) is 0 Å². The topological polar surface area (TPSA) is 75.1 Å². The van der Waals surface area contributed by atoms with Crippen LogP contribution >= 0.6 is 11.8 Å². The molecular weight excluding hydrogens is 250 g/mol. The van der Waals surface area contributed by atoms with Gasteiger partial charge in [-0.25, -0.2) is 9.97 Å². The van der Waals surface area contributed by atoms with Crippen LogP contribution < -0.4 is 5.32 Å². The maximum absolute atomic E-state index is 11.6. The lowest BCUT2D eigenvalue weighted by molar-refractivity contribution is -0.113. The number of aromatic nitrogens is 2. The number of phenols is 1. The molecule has 0 aliphatic carbocycles. The fourth-order valence-corrected chi connectivity index (χ4v) is 2.00. The summed E-state index contributed by atoms with van der Waals surface area (Å²) in [6, 6.07) is 8.43. The van der Waals surface area contributed by atoms with Crippen LogP contribution in [0.25, 0.3) is 0 Å². The van der Waals surface area contributed by atoms with Crippen molar-refractivity contribution in [2.45, 2.75) is 4.90 Å². The van der Waals surface area contributed by atoms with Crippen molar-refractivity contribution in [3.63, 3.8) is 0 Å². The van der Waals surface area contributed by atoms with E-state index in [1.807, 2.05) is 6.07 Å². The second kappa shape index (κ2) is 6.02. The van der Waals surface area contributed by atoms with E-state index < -0.39 is 0 Å². The van der Waals surface area contributed by atoms with E-state index in [1.54, 1.807) is 36.7 Å². The molecule has 0 saturated heterocycles. The fourth-order valence-electron chi connectivity index (χ4n) is 1.25. The van der Waals surface area contributed by atoms with Crippen molar-refractivity contribution in [1.82, 2.24) is 9.97 Å². The standard InChI is InChI=1S/C12H11N3O2S/c16-9-3-1-4-10(7-9)18-8-11(17)15-12-13-5-2-6-14-12/h1-7,16H,8H2,(H,13,14,15,17). The van der Waals surface area contributed by atoms with Gasteiger partial charge in [0.15, 0.2) is 0 Å². The quantitative estimate of drug-likeness (QED) is 0.822. The lowest BCUT2D eigenvalue weighted by atomic mass is 10.3. The Labute approximate surface area is 108 Å². The summed E-state index contributed by atoms with van der Waals surface area (Å²) in [5.74, 6) is 0.530. The van der Waals surface area contributed by atoms with Gasteiger partial charge in [-0.15, -0.1) is 11.8 Å². The van der Waals surface area contributed by atoms with E-state index in [9.17, 15) is 9.90 Å². The molecule has 1 aromatic heterocycles. The van der Waals surface area contributed by atoms with E-state index in [4.69, 9.17) is 0 Å². The Morgan fingerprint density at radius 3 is 2.78 bits per heavy atom. The first kappa shape index (κ1) is 12.4. The predicted molar refractivity (Wildman–Crippen MR) is 69.5 cm³/mol. The molecule has 1 heterocycles. The van der Waals surface area contributed by atoms with Crippen molar-refractivity contribution >= 4 is 23.6 Å². The molecule has 6 heteroatoms. The lowest BCUT2D eigenvalue weighted by Crippen LogP contribution is -2.15. The van der Waals surface area contributed by atoms with Crippen LogP contribution in [0.15, 0.2) is 47.6 Å². The number of anilines is 1. The van der Waals surface area contributed by atoms with Crippen LogP contribution in [0, 0.1) is 0 Å². The highest BCUT2D eigenvalue weighted by molar-refractivity contribution is 8.00.